The number of rotatable bonds is 4. The first kappa shape index (κ1) is 16.4. The van der Waals surface area contributed by atoms with Gasteiger partial charge in [0.15, 0.2) is 0 Å². The lowest BCUT2D eigenvalue weighted by molar-refractivity contribution is -0.0260. The van der Waals surface area contributed by atoms with E-state index in [1.54, 1.807) is 0 Å². The van der Waals surface area contributed by atoms with E-state index in [0.717, 1.165) is 48.1 Å². The van der Waals surface area contributed by atoms with Gasteiger partial charge in [0.1, 0.15) is 17.0 Å². The Morgan fingerprint density at radius 2 is 1.78 bits per heavy atom. The minimum atomic E-state index is 0.0234. The third kappa shape index (κ3) is 2.47. The number of nitroso groups, excluding NO2 is 1. The summed E-state index contributed by atoms with van der Waals surface area (Å²) < 4.78 is 6.53. The Morgan fingerprint density at radius 3 is 2.22 bits per heavy atom. The van der Waals surface area contributed by atoms with Gasteiger partial charge in [-0.15, -0.1) is 4.91 Å². The average Bonchev–Trinajstić information content (AvgIpc) is 2.49. The first-order valence-corrected chi connectivity index (χ1v) is 8.88. The van der Waals surface area contributed by atoms with Crippen LogP contribution in [0.4, 0.5) is 5.69 Å². The van der Waals surface area contributed by atoms with E-state index < -0.39 is 0 Å². The maximum atomic E-state index is 11.7. The minimum absolute atomic E-state index is 0.0234. The summed E-state index contributed by atoms with van der Waals surface area (Å²) in [6, 6.07) is 0. The molecule has 4 nitrogen and oxygen atoms in total. The van der Waals surface area contributed by atoms with Gasteiger partial charge in [-0.1, -0.05) is 27.7 Å². The molecule has 1 saturated carbocycles. The van der Waals surface area contributed by atoms with Crippen molar-refractivity contribution >= 4 is 5.69 Å². The lowest BCUT2D eigenvalue weighted by atomic mass is 9.72. The smallest absolute Gasteiger partial charge is 0.128 e. The van der Waals surface area contributed by atoms with Crippen molar-refractivity contribution in [2.75, 3.05) is 0 Å². The Labute approximate surface area is 138 Å². The van der Waals surface area contributed by atoms with Gasteiger partial charge in [0, 0.05) is 17.7 Å². The predicted octanol–water partition coefficient (Wildman–Crippen LogP) is 5.04. The molecule has 0 aromatic heterocycles. The summed E-state index contributed by atoms with van der Waals surface area (Å²) in [5.41, 5.74) is 11.0. The average molecular weight is 316 g/mol. The zero-order valence-corrected chi connectivity index (χ0v) is 14.7. The van der Waals surface area contributed by atoms with Crippen LogP contribution in [0.5, 0.6) is 5.75 Å². The Bertz CT molecular complexity index is 602. The molecule has 3 rings (SSSR count). The van der Waals surface area contributed by atoms with Crippen LogP contribution in [-0.2, 0) is 13.0 Å². The normalized spacial score (nSPS) is 18.7. The second-order valence-corrected chi connectivity index (χ2v) is 7.71. The Hall–Kier alpha value is -1.42. The fourth-order valence-electron chi connectivity index (χ4n) is 4.32. The number of benzene rings is 1. The summed E-state index contributed by atoms with van der Waals surface area (Å²) in [7, 11) is 0. The van der Waals surface area contributed by atoms with E-state index in [1.165, 1.54) is 12.0 Å². The molecule has 1 aromatic rings. The molecule has 0 radical (unpaired) electrons. The summed E-state index contributed by atoms with van der Waals surface area (Å²) in [5, 5.41) is 3.44. The number of ether oxygens (including phenoxy) is 1. The van der Waals surface area contributed by atoms with Crippen LogP contribution < -0.4 is 10.5 Å². The van der Waals surface area contributed by atoms with Crippen molar-refractivity contribution < 1.29 is 4.74 Å². The zero-order valence-electron chi connectivity index (χ0n) is 14.7. The van der Waals surface area contributed by atoms with Crippen molar-refractivity contribution in [2.24, 2.45) is 10.9 Å². The third-order valence-electron chi connectivity index (χ3n) is 5.57. The molecule has 1 aliphatic heterocycles. The summed E-state index contributed by atoms with van der Waals surface area (Å²) in [6.07, 6.45) is 5.53. The molecule has 1 fully saturated rings. The van der Waals surface area contributed by atoms with E-state index >= 15 is 0 Å². The van der Waals surface area contributed by atoms with Crippen LogP contribution in [0, 0.1) is 4.91 Å². The number of nitrogens with two attached hydrogens (primary N) is 1. The van der Waals surface area contributed by atoms with E-state index in [2.05, 4.69) is 32.9 Å². The fourth-order valence-corrected chi connectivity index (χ4v) is 4.32. The topological polar surface area (TPSA) is 64.7 Å². The molecule has 2 N–H and O–H groups in total. The van der Waals surface area contributed by atoms with Crippen LogP contribution in [0.1, 0.15) is 87.5 Å². The van der Waals surface area contributed by atoms with Crippen LogP contribution in [0.2, 0.25) is 0 Å². The van der Waals surface area contributed by atoms with Crippen molar-refractivity contribution in [1.82, 2.24) is 0 Å². The van der Waals surface area contributed by atoms with Crippen LogP contribution in [0.3, 0.4) is 0 Å². The molecule has 2 aliphatic rings. The first-order valence-electron chi connectivity index (χ1n) is 8.88. The van der Waals surface area contributed by atoms with Gasteiger partial charge < -0.3 is 10.5 Å². The summed E-state index contributed by atoms with van der Waals surface area (Å²) in [4.78, 5) is 11.7. The van der Waals surface area contributed by atoms with Crippen molar-refractivity contribution in [3.05, 3.63) is 27.2 Å². The maximum absolute atomic E-state index is 11.7. The second kappa shape index (κ2) is 5.90. The van der Waals surface area contributed by atoms with Gasteiger partial charge in [0.05, 0.1) is 0 Å². The number of fused-ring (bicyclic) bond motifs is 1. The molecule has 1 heterocycles. The van der Waals surface area contributed by atoms with Crippen LogP contribution in [0.25, 0.3) is 0 Å². The Kier molecular flexibility index (Phi) is 4.21. The van der Waals surface area contributed by atoms with Gasteiger partial charge in [-0.2, -0.15) is 0 Å². The van der Waals surface area contributed by atoms with Gasteiger partial charge in [-0.05, 0) is 60.2 Å². The van der Waals surface area contributed by atoms with Crippen molar-refractivity contribution in [3.8, 4) is 5.75 Å². The molecule has 126 valence electrons. The van der Waals surface area contributed by atoms with Crippen molar-refractivity contribution in [1.29, 1.82) is 0 Å². The molecule has 1 spiro atoms. The quantitative estimate of drug-likeness (QED) is 0.792. The molecule has 0 atom stereocenters. The summed E-state index contributed by atoms with van der Waals surface area (Å²) in [5.74, 6) is 1.42. The highest BCUT2D eigenvalue weighted by Crippen LogP contribution is 2.52. The number of hydrogen-bond acceptors (Lipinski definition) is 4. The van der Waals surface area contributed by atoms with Gasteiger partial charge >= 0.3 is 0 Å². The highest BCUT2D eigenvalue weighted by atomic mass is 16.5. The van der Waals surface area contributed by atoms with Crippen LogP contribution in [0.15, 0.2) is 5.18 Å². The molecule has 0 saturated heterocycles. The molecule has 0 amide bonds. The molecule has 1 aliphatic carbocycles. The summed E-state index contributed by atoms with van der Waals surface area (Å²) >= 11 is 0. The standard InChI is InChI=1S/C19H28N2O2/c1-11(2)15-13-6-9-19(7-5-8-19)23-18(13)14(10-20)16(12(3)4)17(15)21-22/h11-12H,5-10,20H2,1-4H3. The van der Waals surface area contributed by atoms with Crippen LogP contribution in [-0.4, -0.2) is 5.60 Å². The molecule has 1 aromatic carbocycles. The number of hydrogen-bond donors (Lipinski definition) is 1. The van der Waals surface area contributed by atoms with Gasteiger partial charge in [0.2, 0.25) is 0 Å². The molecule has 0 unspecified atom stereocenters. The zero-order chi connectivity index (χ0) is 16.8. The highest BCUT2D eigenvalue weighted by molar-refractivity contribution is 5.68. The Balaban J connectivity index is 2.28. The number of nitrogens with zero attached hydrogens (tertiary/aromatic N) is 1. The van der Waals surface area contributed by atoms with Crippen molar-refractivity contribution in [3.63, 3.8) is 0 Å². The van der Waals surface area contributed by atoms with Gasteiger partial charge in [-0.3, -0.25) is 0 Å². The largest absolute Gasteiger partial charge is 0.487 e. The van der Waals surface area contributed by atoms with E-state index in [1.807, 2.05) is 0 Å². The van der Waals surface area contributed by atoms with Gasteiger partial charge in [0.25, 0.3) is 0 Å². The third-order valence-corrected chi connectivity index (χ3v) is 5.57. The van der Waals surface area contributed by atoms with Crippen molar-refractivity contribution in [2.45, 2.75) is 83.8 Å². The predicted molar refractivity (Wildman–Crippen MR) is 93.5 cm³/mol. The van der Waals surface area contributed by atoms with Crippen LogP contribution >= 0.6 is 0 Å². The Morgan fingerprint density at radius 1 is 1.13 bits per heavy atom. The lowest BCUT2D eigenvalue weighted by Crippen LogP contribution is -2.46. The highest BCUT2D eigenvalue weighted by Gasteiger charge is 2.44. The maximum Gasteiger partial charge on any atom is 0.128 e. The van der Waals surface area contributed by atoms with E-state index in [0.29, 0.717) is 12.2 Å². The molecular weight excluding hydrogens is 288 g/mol. The van der Waals surface area contributed by atoms with E-state index in [4.69, 9.17) is 10.5 Å². The minimum Gasteiger partial charge on any atom is -0.487 e. The van der Waals surface area contributed by atoms with Gasteiger partial charge in [-0.25, -0.2) is 0 Å². The summed E-state index contributed by atoms with van der Waals surface area (Å²) in [6.45, 7) is 8.85. The molecular formula is C19H28N2O2. The molecule has 23 heavy (non-hydrogen) atoms. The second-order valence-electron chi connectivity index (χ2n) is 7.71. The first-order chi connectivity index (χ1) is 10.9. The molecule has 4 heteroatoms. The van der Waals surface area contributed by atoms with E-state index in [9.17, 15) is 4.91 Å². The monoisotopic (exact) mass is 316 g/mol. The molecule has 0 bridgehead atoms. The SMILES string of the molecule is CC(C)c1c(CN)c2c(c(C(C)C)c1N=O)CCC1(CCC1)O2. The fraction of sp³-hybridized carbons (Fsp3) is 0.684. The van der Waals surface area contributed by atoms with E-state index in [-0.39, 0.29) is 17.4 Å². The lowest BCUT2D eigenvalue weighted by Gasteiger charge is -2.47.